The third kappa shape index (κ3) is 5.09. The fourth-order valence-electron chi connectivity index (χ4n) is 1.90. The molecule has 0 amide bonds. The Kier molecular flexibility index (Phi) is 6.77. The molecule has 0 aliphatic heterocycles. The van der Waals surface area contributed by atoms with Crippen LogP contribution in [0.25, 0.3) is 0 Å². The van der Waals surface area contributed by atoms with Crippen LogP contribution in [0.5, 0.6) is 5.75 Å². The highest BCUT2D eigenvalue weighted by atomic mass is 32.2. The lowest BCUT2D eigenvalue weighted by atomic mass is 10.2. The van der Waals surface area contributed by atoms with Crippen LogP contribution in [-0.4, -0.2) is 40.3 Å². The maximum atomic E-state index is 11.0. The summed E-state index contributed by atoms with van der Waals surface area (Å²) in [7, 11) is 0. The van der Waals surface area contributed by atoms with E-state index in [2.05, 4.69) is 5.32 Å². The van der Waals surface area contributed by atoms with Gasteiger partial charge < -0.3 is 15.2 Å². The average molecular weight is 314 g/mol. The summed E-state index contributed by atoms with van der Waals surface area (Å²) in [6.45, 7) is 5.67. The summed E-state index contributed by atoms with van der Waals surface area (Å²) in [5, 5.41) is 23.6. The van der Waals surface area contributed by atoms with Gasteiger partial charge in [0.25, 0.3) is 0 Å². The Bertz CT molecular complexity index is 478. The Morgan fingerprint density at radius 3 is 2.57 bits per heavy atom. The molecule has 0 saturated carbocycles. The minimum Gasteiger partial charge on any atom is -0.484 e. The van der Waals surface area contributed by atoms with Gasteiger partial charge >= 0.3 is 5.69 Å². The molecule has 0 fully saturated rings. The van der Waals surface area contributed by atoms with Crippen LogP contribution in [0.1, 0.15) is 20.8 Å². The predicted octanol–water partition coefficient (Wildman–Crippen LogP) is 2.91. The van der Waals surface area contributed by atoms with Crippen LogP contribution in [0, 0.1) is 10.1 Å². The van der Waals surface area contributed by atoms with E-state index in [1.165, 1.54) is 6.07 Å². The monoisotopic (exact) mass is 314 g/mol. The number of ether oxygens (including phenoxy) is 1. The zero-order valence-electron chi connectivity index (χ0n) is 12.7. The zero-order valence-corrected chi connectivity index (χ0v) is 13.5. The first-order chi connectivity index (χ1) is 9.88. The van der Waals surface area contributed by atoms with E-state index in [9.17, 15) is 15.2 Å². The van der Waals surface area contributed by atoms with Crippen LogP contribution >= 0.6 is 11.8 Å². The van der Waals surface area contributed by atoms with Crippen molar-refractivity contribution in [3.63, 3.8) is 0 Å². The number of nitro groups is 1. The molecule has 7 heteroatoms. The summed E-state index contributed by atoms with van der Waals surface area (Å²) < 4.78 is 5.51. The van der Waals surface area contributed by atoms with E-state index in [-0.39, 0.29) is 35.4 Å². The summed E-state index contributed by atoms with van der Waals surface area (Å²) in [6.07, 6.45) is 1.79. The van der Waals surface area contributed by atoms with Gasteiger partial charge in [-0.3, -0.25) is 10.1 Å². The highest BCUT2D eigenvalue weighted by Gasteiger charge is 2.19. The second-order valence-electron chi connectivity index (χ2n) is 5.00. The number of aliphatic hydroxyl groups excluding tert-OH is 1. The first-order valence-electron chi connectivity index (χ1n) is 6.74. The smallest absolute Gasteiger partial charge is 0.311 e. The second kappa shape index (κ2) is 8.09. The molecular weight excluding hydrogens is 292 g/mol. The normalized spacial score (nSPS) is 13.8. The standard InChI is InChI=1S/C14H22N2O4S/c1-9(2)20-13-7-11(5-6-12(13)16(18)19)15-10(3)14(8-17)21-4/h5-7,9-10,14-15,17H,8H2,1-4H3. The summed E-state index contributed by atoms with van der Waals surface area (Å²) >= 11 is 1.57. The molecule has 118 valence electrons. The van der Waals surface area contributed by atoms with E-state index in [0.29, 0.717) is 0 Å². The van der Waals surface area contributed by atoms with Gasteiger partial charge in [0.15, 0.2) is 5.75 Å². The number of nitro benzene ring substituents is 1. The molecule has 1 aromatic carbocycles. The second-order valence-corrected chi connectivity index (χ2v) is 6.07. The van der Waals surface area contributed by atoms with Gasteiger partial charge in [-0.1, -0.05) is 0 Å². The first-order valence-corrected chi connectivity index (χ1v) is 8.03. The van der Waals surface area contributed by atoms with Gasteiger partial charge in [0.05, 0.1) is 17.6 Å². The fraction of sp³-hybridized carbons (Fsp3) is 0.571. The number of anilines is 1. The van der Waals surface area contributed by atoms with Crippen molar-refractivity contribution in [2.45, 2.75) is 38.2 Å². The molecule has 0 heterocycles. The van der Waals surface area contributed by atoms with Crippen molar-refractivity contribution in [1.29, 1.82) is 0 Å². The predicted molar refractivity (Wildman–Crippen MR) is 86.3 cm³/mol. The maximum Gasteiger partial charge on any atom is 0.311 e. The van der Waals surface area contributed by atoms with Crippen LogP contribution in [0.3, 0.4) is 0 Å². The molecule has 0 aliphatic rings. The Morgan fingerprint density at radius 2 is 2.10 bits per heavy atom. The first kappa shape index (κ1) is 17.6. The number of nitrogens with zero attached hydrogens (tertiary/aromatic N) is 1. The molecule has 0 saturated heterocycles. The van der Waals surface area contributed by atoms with Crippen molar-refractivity contribution in [3.8, 4) is 5.75 Å². The molecule has 1 rings (SSSR count). The third-order valence-corrected chi connectivity index (χ3v) is 4.12. The number of nitrogens with one attached hydrogen (secondary N) is 1. The highest BCUT2D eigenvalue weighted by molar-refractivity contribution is 7.99. The Morgan fingerprint density at radius 1 is 1.43 bits per heavy atom. The molecule has 2 N–H and O–H groups in total. The van der Waals surface area contributed by atoms with Crippen molar-refractivity contribution < 1.29 is 14.8 Å². The van der Waals surface area contributed by atoms with E-state index < -0.39 is 4.92 Å². The lowest BCUT2D eigenvalue weighted by Crippen LogP contribution is -2.30. The van der Waals surface area contributed by atoms with Gasteiger partial charge in [0, 0.05) is 29.1 Å². The number of hydrogen-bond acceptors (Lipinski definition) is 6. The number of rotatable bonds is 8. The number of thioether (sulfide) groups is 1. The molecule has 0 aliphatic carbocycles. The quantitative estimate of drug-likeness (QED) is 0.567. The van der Waals surface area contributed by atoms with Crippen molar-refractivity contribution in [2.75, 3.05) is 18.2 Å². The van der Waals surface area contributed by atoms with E-state index in [1.54, 1.807) is 23.9 Å². The van der Waals surface area contributed by atoms with Crippen LogP contribution in [0.4, 0.5) is 11.4 Å². The third-order valence-electron chi connectivity index (χ3n) is 2.95. The fourth-order valence-corrected chi connectivity index (χ4v) is 2.52. The van der Waals surface area contributed by atoms with Gasteiger partial charge in [-0.2, -0.15) is 11.8 Å². The Balaban J connectivity index is 2.96. The van der Waals surface area contributed by atoms with Crippen LogP contribution < -0.4 is 10.1 Å². The van der Waals surface area contributed by atoms with Gasteiger partial charge in [-0.25, -0.2) is 0 Å². The summed E-state index contributed by atoms with van der Waals surface area (Å²) in [4.78, 5) is 10.6. The van der Waals surface area contributed by atoms with Crippen molar-refractivity contribution in [2.24, 2.45) is 0 Å². The molecule has 2 unspecified atom stereocenters. The summed E-state index contributed by atoms with van der Waals surface area (Å²) in [5.41, 5.74) is 0.682. The lowest BCUT2D eigenvalue weighted by Gasteiger charge is -2.22. The Hall–Kier alpha value is -1.47. The largest absolute Gasteiger partial charge is 0.484 e. The lowest BCUT2D eigenvalue weighted by molar-refractivity contribution is -0.386. The molecule has 2 atom stereocenters. The minimum absolute atomic E-state index is 0.0263. The molecule has 0 spiro atoms. The van der Waals surface area contributed by atoms with E-state index in [0.717, 1.165) is 5.69 Å². The summed E-state index contributed by atoms with van der Waals surface area (Å²) in [6, 6.07) is 4.73. The minimum atomic E-state index is -0.455. The molecule has 21 heavy (non-hydrogen) atoms. The average Bonchev–Trinajstić information content (AvgIpc) is 2.39. The van der Waals surface area contributed by atoms with Crippen LogP contribution in [0.15, 0.2) is 18.2 Å². The van der Waals surface area contributed by atoms with Gasteiger partial charge in [0.1, 0.15) is 0 Å². The van der Waals surface area contributed by atoms with Crippen molar-refractivity contribution >= 4 is 23.1 Å². The number of hydrogen-bond donors (Lipinski definition) is 2. The van der Waals surface area contributed by atoms with Gasteiger partial charge in [-0.15, -0.1) is 0 Å². The highest BCUT2D eigenvalue weighted by Crippen LogP contribution is 2.31. The molecule has 0 aromatic heterocycles. The molecule has 0 radical (unpaired) electrons. The zero-order chi connectivity index (χ0) is 16.0. The van der Waals surface area contributed by atoms with E-state index >= 15 is 0 Å². The number of benzene rings is 1. The van der Waals surface area contributed by atoms with E-state index in [1.807, 2.05) is 27.0 Å². The molecule has 1 aromatic rings. The molecule has 0 bridgehead atoms. The molecule has 6 nitrogen and oxygen atoms in total. The topological polar surface area (TPSA) is 84.6 Å². The summed E-state index contributed by atoms with van der Waals surface area (Å²) in [5.74, 6) is 0.247. The Labute approximate surface area is 129 Å². The molecular formula is C14H22N2O4S. The van der Waals surface area contributed by atoms with Crippen molar-refractivity contribution in [3.05, 3.63) is 28.3 Å². The SMILES string of the molecule is CSC(CO)C(C)Nc1ccc([N+](=O)[O-])c(OC(C)C)c1. The number of aliphatic hydroxyl groups is 1. The van der Waals surface area contributed by atoms with E-state index in [4.69, 9.17) is 4.74 Å². The van der Waals surface area contributed by atoms with Gasteiger partial charge in [0.2, 0.25) is 0 Å². The van der Waals surface area contributed by atoms with Crippen molar-refractivity contribution in [1.82, 2.24) is 0 Å². The van der Waals surface area contributed by atoms with Crippen LogP contribution in [-0.2, 0) is 0 Å². The van der Waals surface area contributed by atoms with Crippen LogP contribution in [0.2, 0.25) is 0 Å². The van der Waals surface area contributed by atoms with Gasteiger partial charge in [-0.05, 0) is 33.1 Å². The maximum absolute atomic E-state index is 11.0.